The number of hydrogen-bond donors (Lipinski definition) is 7. The number of hydrogen-bond acceptors (Lipinski definition) is 8. The fourth-order valence-electron chi connectivity index (χ4n) is 7.70. The Hall–Kier alpha value is -6.16. The van der Waals surface area contributed by atoms with Gasteiger partial charge < -0.3 is 46.3 Å². The number of amides is 6. The standard InChI is InChI=1S/C41H46N7O10P/c1-2-35(50)47-20-19-28-14-17-33(39(53)44-30(16-18-34(42)49)37(51)46-36(24-9-5-3-6-10-24)25-11-7-4-8-12-25)48(28)40(54)32(23-47)45-38(52)31-22-27-21-26(13-15-29(27)43-31)41(55)59(56,57)58/h3-13,15,21-22,28,30,32-33,36,43H,2,14,16-20,23H2,1H3,(H2,42,49)(H,44,53)(H,45,52)(H,46,51)(H2,56,57,58)/t28-,30+,32+,33+/m1/s1. The minimum Gasteiger partial charge on any atom is -0.370 e. The van der Waals surface area contributed by atoms with Gasteiger partial charge in [0.2, 0.25) is 29.5 Å². The summed E-state index contributed by atoms with van der Waals surface area (Å²) in [5.41, 5.74) is 5.73. The van der Waals surface area contributed by atoms with Gasteiger partial charge in [-0.05, 0) is 61.1 Å². The Morgan fingerprint density at radius 3 is 2.17 bits per heavy atom. The lowest BCUT2D eigenvalue weighted by molar-refractivity contribution is -0.145. The summed E-state index contributed by atoms with van der Waals surface area (Å²) in [5.74, 6) is -3.48. The highest BCUT2D eigenvalue weighted by atomic mass is 31.2. The number of carbonyl (C=O) groups excluding carboxylic acids is 7. The SMILES string of the molecule is CCC(=O)N1CC[C@H]2CC[C@@H](C(=O)N[C@@H](CCC(N)=O)C(=O)NC(c3ccccc3)c3ccccc3)N2C(=O)[C@@H](NC(=O)c2cc3cc(C(=O)P(=O)(O)O)ccc3[nH]2)C1. The molecule has 310 valence electrons. The van der Waals surface area contributed by atoms with E-state index in [-0.39, 0.29) is 55.9 Å². The fourth-order valence-corrected chi connectivity index (χ4v) is 8.17. The van der Waals surface area contributed by atoms with Crippen LogP contribution in [0.25, 0.3) is 10.9 Å². The number of nitrogens with two attached hydrogens (primary N) is 1. The van der Waals surface area contributed by atoms with Crippen LogP contribution in [0, 0.1) is 0 Å². The molecule has 59 heavy (non-hydrogen) atoms. The molecule has 0 bridgehead atoms. The van der Waals surface area contributed by atoms with Crippen molar-refractivity contribution in [3.8, 4) is 0 Å². The number of carbonyl (C=O) groups is 7. The molecule has 2 aliphatic rings. The van der Waals surface area contributed by atoms with Crippen molar-refractivity contribution in [3.63, 3.8) is 0 Å². The van der Waals surface area contributed by atoms with E-state index < -0.39 is 72.9 Å². The summed E-state index contributed by atoms with van der Waals surface area (Å²) in [6.07, 6.45) is 0.818. The normalized spacial score (nSPS) is 18.7. The van der Waals surface area contributed by atoms with Gasteiger partial charge in [-0.2, -0.15) is 0 Å². The number of aromatic amines is 1. The zero-order valence-corrected chi connectivity index (χ0v) is 33.1. The number of aromatic nitrogens is 1. The van der Waals surface area contributed by atoms with Crippen LogP contribution >= 0.6 is 7.60 Å². The Kier molecular flexibility index (Phi) is 13.1. The summed E-state index contributed by atoms with van der Waals surface area (Å²) in [6, 6.07) is 19.0. The lowest BCUT2D eigenvalue weighted by atomic mass is 9.98. The minimum absolute atomic E-state index is 0.0381. The molecule has 8 N–H and O–H groups in total. The van der Waals surface area contributed by atoms with Gasteiger partial charge in [0, 0.05) is 48.4 Å². The van der Waals surface area contributed by atoms with Gasteiger partial charge in [0.15, 0.2) is 0 Å². The van der Waals surface area contributed by atoms with Gasteiger partial charge in [-0.15, -0.1) is 0 Å². The van der Waals surface area contributed by atoms with Crippen LogP contribution < -0.4 is 21.7 Å². The van der Waals surface area contributed by atoms with E-state index in [1.807, 2.05) is 60.7 Å². The summed E-state index contributed by atoms with van der Waals surface area (Å²) >= 11 is 0. The Morgan fingerprint density at radius 1 is 0.898 bits per heavy atom. The first-order valence-electron chi connectivity index (χ1n) is 19.3. The molecule has 3 heterocycles. The van der Waals surface area contributed by atoms with Crippen LogP contribution in [0.5, 0.6) is 0 Å². The van der Waals surface area contributed by atoms with E-state index in [1.165, 1.54) is 34.1 Å². The van der Waals surface area contributed by atoms with E-state index >= 15 is 0 Å². The smallest absolute Gasteiger partial charge is 0.370 e. The summed E-state index contributed by atoms with van der Waals surface area (Å²) in [6.45, 7) is 1.73. The van der Waals surface area contributed by atoms with Crippen LogP contribution in [0.4, 0.5) is 0 Å². The molecule has 0 radical (unpaired) electrons. The largest absolute Gasteiger partial charge is 0.396 e. The maximum absolute atomic E-state index is 14.5. The van der Waals surface area contributed by atoms with Gasteiger partial charge in [-0.25, -0.2) is 0 Å². The Labute approximate surface area is 339 Å². The molecule has 3 aromatic carbocycles. The number of fused-ring (bicyclic) bond motifs is 2. The maximum Gasteiger partial charge on any atom is 0.396 e. The predicted molar refractivity (Wildman–Crippen MR) is 214 cm³/mol. The molecule has 2 fully saturated rings. The first kappa shape index (κ1) is 42.4. The lowest BCUT2D eigenvalue weighted by Crippen LogP contribution is -2.62. The van der Waals surface area contributed by atoms with Crippen LogP contribution in [0.15, 0.2) is 84.9 Å². The van der Waals surface area contributed by atoms with Crippen LogP contribution in [0.1, 0.15) is 83.5 Å². The van der Waals surface area contributed by atoms with Crippen LogP contribution in [0.3, 0.4) is 0 Å². The van der Waals surface area contributed by atoms with Crippen LogP contribution in [-0.2, 0) is 28.5 Å². The molecule has 1 aromatic heterocycles. The van der Waals surface area contributed by atoms with Crippen molar-refractivity contribution < 1.29 is 47.9 Å². The Morgan fingerprint density at radius 2 is 1.56 bits per heavy atom. The highest BCUT2D eigenvalue weighted by Crippen LogP contribution is 2.39. The molecular weight excluding hydrogens is 781 g/mol. The Balaban J connectivity index is 1.24. The second-order valence-electron chi connectivity index (χ2n) is 14.7. The zero-order chi connectivity index (χ0) is 42.4. The van der Waals surface area contributed by atoms with Gasteiger partial charge in [0.05, 0.1) is 6.04 Å². The average Bonchev–Trinajstić information content (AvgIpc) is 3.85. The van der Waals surface area contributed by atoms with Crippen molar-refractivity contribution in [2.45, 2.75) is 75.7 Å². The summed E-state index contributed by atoms with van der Waals surface area (Å²) < 4.78 is 11.5. The average molecular weight is 828 g/mol. The lowest BCUT2D eigenvalue weighted by Gasteiger charge is -2.39. The topological polar surface area (TPSA) is 261 Å². The first-order valence-corrected chi connectivity index (χ1v) is 20.9. The second kappa shape index (κ2) is 18.2. The van der Waals surface area contributed by atoms with Gasteiger partial charge in [0.1, 0.15) is 23.8 Å². The number of primary amides is 1. The maximum atomic E-state index is 14.5. The third kappa shape index (κ3) is 9.94. The number of nitrogens with zero attached hydrogens (tertiary/aromatic N) is 2. The van der Waals surface area contributed by atoms with Crippen molar-refractivity contribution in [2.24, 2.45) is 5.73 Å². The molecule has 0 spiro atoms. The first-order chi connectivity index (χ1) is 28.1. The number of nitrogens with one attached hydrogen (secondary N) is 4. The molecule has 2 aliphatic heterocycles. The fraction of sp³-hybridized carbons (Fsp3) is 0.341. The summed E-state index contributed by atoms with van der Waals surface area (Å²) in [5, 5.41) is 8.81. The predicted octanol–water partition coefficient (Wildman–Crippen LogP) is 2.24. The van der Waals surface area contributed by atoms with Crippen LogP contribution in [-0.4, -0.2) is 103 Å². The van der Waals surface area contributed by atoms with Gasteiger partial charge in [0.25, 0.3) is 11.4 Å². The summed E-state index contributed by atoms with van der Waals surface area (Å²) in [4.78, 5) is 118. The van der Waals surface area contributed by atoms with E-state index in [2.05, 4.69) is 20.9 Å². The van der Waals surface area contributed by atoms with Gasteiger partial charge >= 0.3 is 7.60 Å². The van der Waals surface area contributed by atoms with E-state index in [0.29, 0.717) is 23.7 Å². The molecule has 6 rings (SSSR count). The third-order valence-corrected chi connectivity index (χ3v) is 11.5. The van der Waals surface area contributed by atoms with Crippen molar-refractivity contribution >= 4 is 59.5 Å². The molecule has 0 unspecified atom stereocenters. The number of H-pyrrole nitrogens is 1. The van der Waals surface area contributed by atoms with E-state index in [4.69, 9.17) is 5.73 Å². The molecule has 6 amide bonds. The van der Waals surface area contributed by atoms with Crippen molar-refractivity contribution in [1.82, 2.24) is 30.7 Å². The summed E-state index contributed by atoms with van der Waals surface area (Å²) in [7, 11) is -5.07. The highest BCUT2D eigenvalue weighted by molar-refractivity contribution is 7.70. The molecule has 4 atom stereocenters. The van der Waals surface area contributed by atoms with E-state index in [9.17, 15) is 47.9 Å². The molecule has 0 saturated carbocycles. The molecular formula is C41H46N7O10P. The number of rotatable bonds is 14. The van der Waals surface area contributed by atoms with Gasteiger partial charge in [-0.3, -0.25) is 38.1 Å². The Bertz CT molecular complexity index is 2260. The number of benzene rings is 3. The monoisotopic (exact) mass is 827 g/mol. The zero-order valence-electron chi connectivity index (χ0n) is 32.2. The van der Waals surface area contributed by atoms with Crippen molar-refractivity contribution in [3.05, 3.63) is 107 Å². The van der Waals surface area contributed by atoms with Gasteiger partial charge in [-0.1, -0.05) is 67.6 Å². The second-order valence-corrected chi connectivity index (χ2v) is 16.2. The minimum atomic E-state index is -5.07. The molecule has 0 aliphatic carbocycles. The van der Waals surface area contributed by atoms with Crippen molar-refractivity contribution in [2.75, 3.05) is 13.1 Å². The van der Waals surface area contributed by atoms with Crippen LogP contribution in [0.2, 0.25) is 0 Å². The molecule has 18 heteroatoms. The van der Waals surface area contributed by atoms with E-state index in [1.54, 1.807) is 6.92 Å². The molecule has 2 saturated heterocycles. The molecule has 4 aromatic rings. The third-order valence-electron chi connectivity index (χ3n) is 10.7. The van der Waals surface area contributed by atoms with Crippen molar-refractivity contribution in [1.29, 1.82) is 0 Å². The quantitative estimate of drug-likeness (QED) is 0.0912. The highest BCUT2D eigenvalue weighted by Gasteiger charge is 2.46. The van der Waals surface area contributed by atoms with E-state index in [0.717, 1.165) is 11.1 Å². The molecule has 17 nitrogen and oxygen atoms in total.